The van der Waals surface area contributed by atoms with Crippen LogP contribution in [0.5, 0.6) is 0 Å². The minimum absolute atomic E-state index is 0.374. The molecular weight excluding hydrogens is 1280 g/mol. The highest BCUT2D eigenvalue weighted by Crippen LogP contribution is 2.40. The van der Waals surface area contributed by atoms with Crippen molar-refractivity contribution in [2.75, 3.05) is 0 Å². The van der Waals surface area contributed by atoms with Crippen LogP contribution in [0.3, 0.4) is 0 Å². The molecule has 3 aliphatic heterocycles. The van der Waals surface area contributed by atoms with Crippen LogP contribution >= 0.6 is 0 Å². The van der Waals surface area contributed by atoms with Crippen molar-refractivity contribution in [2.24, 2.45) is 0 Å². The fourth-order valence-electron chi connectivity index (χ4n) is 12.0. The van der Waals surface area contributed by atoms with Crippen LogP contribution in [-0.2, 0) is 27.9 Å². The first-order chi connectivity index (χ1) is 49.5. The van der Waals surface area contributed by atoms with Crippen molar-refractivity contribution in [3.63, 3.8) is 0 Å². The maximum atomic E-state index is 6.23. The number of rotatable bonds is 12. The Hall–Kier alpha value is -10.6. The first kappa shape index (κ1) is 69.5. The number of aromatic nitrogens is 10. The maximum Gasteiger partial charge on any atom is 0.494 e. The Balaban J connectivity index is 0.000000131. The van der Waals surface area contributed by atoms with E-state index in [-0.39, 0.29) is 33.6 Å². The number of pyridine rings is 4. The predicted octanol–water partition coefficient (Wildman–Crippen LogP) is 16.1. The first-order valence-corrected chi connectivity index (χ1v) is 34.7. The molecule has 16 rings (SSSR count). The van der Waals surface area contributed by atoms with Gasteiger partial charge in [-0.2, -0.15) is 0 Å². The molecule has 0 N–H and O–H groups in total. The van der Waals surface area contributed by atoms with E-state index in [4.69, 9.17) is 57.8 Å². The van der Waals surface area contributed by atoms with E-state index in [0.717, 1.165) is 106 Å². The molecule has 6 aromatic carbocycles. The van der Waals surface area contributed by atoms with Crippen molar-refractivity contribution < 1.29 is 27.9 Å². The molecule has 16 nitrogen and oxygen atoms in total. The molecule has 3 fully saturated rings. The molecule has 510 valence electrons. The van der Waals surface area contributed by atoms with Crippen LogP contribution in [-0.4, -0.2) is 105 Å². The SMILES string of the molecule is CC1(C)OB(c2ccc(-c3nc(-c4ccccc4)cc(-c4ccccn4)n3)cc2)OC1(C)C.CC1(C)OB(c2ccc(-c3nc(-c4cccnc4)cc(-c4cccc5ccccc45)n3)cc2)OC1(C)C.CC1(C)OB(c2ccc(-c3nc(-c4cccnc4)cc(-c4cccnc4)n3)cc2)OC1(C)C. The van der Waals surface area contributed by atoms with Crippen LogP contribution in [0.2, 0.25) is 0 Å². The summed E-state index contributed by atoms with van der Waals surface area (Å²) in [6, 6.07) is 72.7. The van der Waals surface area contributed by atoms with Crippen LogP contribution in [0.1, 0.15) is 83.1 Å². The van der Waals surface area contributed by atoms with Gasteiger partial charge < -0.3 is 27.9 Å². The Morgan fingerprint density at radius 3 is 0.971 bits per heavy atom. The van der Waals surface area contributed by atoms with E-state index in [9.17, 15) is 0 Å². The lowest BCUT2D eigenvalue weighted by atomic mass is 9.79. The van der Waals surface area contributed by atoms with Gasteiger partial charge in [0.2, 0.25) is 0 Å². The molecule has 0 aliphatic carbocycles. The summed E-state index contributed by atoms with van der Waals surface area (Å²) >= 11 is 0. The summed E-state index contributed by atoms with van der Waals surface area (Å²) in [5.41, 5.74) is 14.1. The molecule has 10 heterocycles. The summed E-state index contributed by atoms with van der Waals surface area (Å²) in [7, 11) is -1.21. The number of nitrogens with zero attached hydrogens (tertiary/aromatic N) is 10. The average molecular weight is 1360 g/mol. The van der Waals surface area contributed by atoms with Crippen molar-refractivity contribution in [3.05, 3.63) is 262 Å². The van der Waals surface area contributed by atoms with Crippen molar-refractivity contribution >= 4 is 48.5 Å². The Morgan fingerprint density at radius 2 is 0.583 bits per heavy atom. The van der Waals surface area contributed by atoms with Crippen LogP contribution in [0.25, 0.3) is 113 Å². The van der Waals surface area contributed by atoms with Gasteiger partial charge in [-0.15, -0.1) is 0 Å². The summed E-state index contributed by atoms with van der Waals surface area (Å²) in [6.07, 6.45) is 12.5. The van der Waals surface area contributed by atoms with Crippen LogP contribution in [0.15, 0.2) is 262 Å². The lowest BCUT2D eigenvalue weighted by Crippen LogP contribution is -2.41. The van der Waals surface area contributed by atoms with E-state index in [0.29, 0.717) is 17.5 Å². The van der Waals surface area contributed by atoms with Gasteiger partial charge in [-0.25, -0.2) is 29.9 Å². The number of hydrogen-bond acceptors (Lipinski definition) is 16. The van der Waals surface area contributed by atoms with Crippen molar-refractivity contribution in [2.45, 2.75) is 117 Å². The highest BCUT2D eigenvalue weighted by atomic mass is 16.7. The molecule has 0 radical (unpaired) electrons. The molecular formula is C84H79B3N10O6. The molecule has 0 amide bonds. The Bertz CT molecular complexity index is 4760. The lowest BCUT2D eigenvalue weighted by molar-refractivity contribution is 0.00578. The number of fused-ring (bicyclic) bond motifs is 1. The van der Waals surface area contributed by atoms with Gasteiger partial charge in [0, 0.05) is 87.9 Å². The smallest absolute Gasteiger partial charge is 0.399 e. The molecule has 19 heteroatoms. The zero-order valence-corrected chi connectivity index (χ0v) is 60.0. The third kappa shape index (κ3) is 14.9. The molecule has 7 aromatic heterocycles. The number of hydrogen-bond donors (Lipinski definition) is 0. The topological polar surface area (TPSA) is 184 Å². The first-order valence-electron chi connectivity index (χ1n) is 34.7. The second-order valence-electron chi connectivity index (χ2n) is 28.8. The summed E-state index contributed by atoms with van der Waals surface area (Å²) in [4.78, 5) is 46.6. The summed E-state index contributed by atoms with van der Waals surface area (Å²) in [6.45, 7) is 24.7. The third-order valence-electron chi connectivity index (χ3n) is 20.2. The highest BCUT2D eigenvalue weighted by Gasteiger charge is 2.54. The van der Waals surface area contributed by atoms with Gasteiger partial charge in [-0.05, 0) is 177 Å². The minimum Gasteiger partial charge on any atom is -0.399 e. The van der Waals surface area contributed by atoms with Gasteiger partial charge in [0.05, 0.1) is 73.5 Å². The Morgan fingerprint density at radius 1 is 0.252 bits per heavy atom. The van der Waals surface area contributed by atoms with E-state index < -0.39 is 21.4 Å². The molecule has 0 unspecified atom stereocenters. The summed E-state index contributed by atoms with van der Waals surface area (Å²) in [5.74, 6) is 1.94. The van der Waals surface area contributed by atoms with Crippen molar-refractivity contribution in [1.29, 1.82) is 0 Å². The van der Waals surface area contributed by atoms with Gasteiger partial charge in [0.1, 0.15) is 0 Å². The molecule has 3 saturated heterocycles. The predicted molar refractivity (Wildman–Crippen MR) is 411 cm³/mol. The Labute approximate surface area is 603 Å². The standard InChI is InChI=1S/C31H28BN3O2.C27H26BN3O2.C26H25BN4O2/c1-30(2)31(3,4)37-32(36-30)24-16-14-22(15-17-24)29-34-27(23-11-8-18-33-20-23)19-28(35-29)26-13-7-10-21-9-5-6-12-25(21)26;1-26(2)27(3,4)33-28(32-26)21-15-13-20(14-16-21)25-30-23(19-10-6-5-7-11-19)18-24(31-25)22-12-8-9-17-29-22;1-25(2)26(3,4)33-27(32-25)21-11-9-18(10-12-21)24-30-22(19-7-5-13-28-16-19)15-23(31-24)20-8-6-14-29-17-20/h5-20H,1-4H3;5-18H,1-4H3;5-17H,1-4H3. The van der Waals surface area contributed by atoms with Crippen molar-refractivity contribution in [1.82, 2.24) is 49.8 Å². The molecule has 0 saturated carbocycles. The quantitative estimate of drug-likeness (QED) is 0.105. The molecule has 0 spiro atoms. The lowest BCUT2D eigenvalue weighted by Gasteiger charge is -2.32. The van der Waals surface area contributed by atoms with E-state index >= 15 is 0 Å². The fraction of sp³-hybridized carbons (Fsp3) is 0.214. The summed E-state index contributed by atoms with van der Waals surface area (Å²) in [5, 5.41) is 2.33. The van der Waals surface area contributed by atoms with Gasteiger partial charge in [-0.3, -0.25) is 19.9 Å². The normalized spacial score (nSPS) is 16.5. The van der Waals surface area contributed by atoms with Crippen LogP contribution in [0.4, 0.5) is 0 Å². The summed E-state index contributed by atoms with van der Waals surface area (Å²) < 4.78 is 37.2. The third-order valence-corrected chi connectivity index (χ3v) is 20.2. The van der Waals surface area contributed by atoms with Crippen molar-refractivity contribution in [3.8, 4) is 102 Å². The zero-order valence-electron chi connectivity index (χ0n) is 60.0. The van der Waals surface area contributed by atoms with Gasteiger partial charge >= 0.3 is 21.4 Å². The van der Waals surface area contributed by atoms with Crippen LogP contribution in [0, 0.1) is 0 Å². The average Bonchev–Trinajstić information content (AvgIpc) is 1.68. The molecule has 0 atom stereocenters. The highest BCUT2D eigenvalue weighted by molar-refractivity contribution is 6.63. The zero-order chi connectivity index (χ0) is 71.7. The van der Waals surface area contributed by atoms with E-state index in [1.165, 1.54) is 5.39 Å². The number of benzene rings is 6. The fourth-order valence-corrected chi connectivity index (χ4v) is 12.0. The second kappa shape index (κ2) is 28.3. The molecule has 103 heavy (non-hydrogen) atoms. The van der Waals surface area contributed by atoms with E-state index in [1.807, 2.05) is 170 Å². The van der Waals surface area contributed by atoms with Gasteiger partial charge in [-0.1, -0.05) is 152 Å². The van der Waals surface area contributed by atoms with Crippen LogP contribution < -0.4 is 16.4 Å². The monoisotopic (exact) mass is 1360 g/mol. The van der Waals surface area contributed by atoms with E-state index in [2.05, 4.69) is 158 Å². The molecule has 3 aliphatic rings. The Kier molecular flexibility index (Phi) is 19.1. The largest absolute Gasteiger partial charge is 0.494 e. The van der Waals surface area contributed by atoms with E-state index in [1.54, 1.807) is 37.2 Å². The second-order valence-corrected chi connectivity index (χ2v) is 28.8. The van der Waals surface area contributed by atoms with Gasteiger partial charge in [0.25, 0.3) is 0 Å². The maximum absolute atomic E-state index is 6.23. The minimum atomic E-state index is -0.409. The van der Waals surface area contributed by atoms with Gasteiger partial charge in [0.15, 0.2) is 17.5 Å². The molecule has 13 aromatic rings. The molecule has 0 bridgehead atoms.